The molecule has 136 valence electrons. The molecule has 1 heterocycles. The Labute approximate surface area is 148 Å². The molecule has 0 saturated heterocycles. The van der Waals surface area contributed by atoms with Crippen molar-refractivity contribution in [3.63, 3.8) is 0 Å². The summed E-state index contributed by atoms with van der Waals surface area (Å²) in [4.78, 5) is 4.17. The minimum atomic E-state index is -0.300. The summed E-state index contributed by atoms with van der Waals surface area (Å²) in [6, 6.07) is 8.19. The highest BCUT2D eigenvalue weighted by molar-refractivity contribution is 5.79. The number of guanidine groups is 1. The van der Waals surface area contributed by atoms with Crippen molar-refractivity contribution < 1.29 is 9.13 Å². The first-order valence-corrected chi connectivity index (χ1v) is 8.42. The Kier molecular flexibility index (Phi) is 7.25. The van der Waals surface area contributed by atoms with Crippen LogP contribution in [0.25, 0.3) is 0 Å². The minimum Gasteiger partial charge on any atom is -0.492 e. The smallest absolute Gasteiger partial charge is 0.191 e. The van der Waals surface area contributed by atoms with Crippen molar-refractivity contribution in [3.8, 4) is 5.75 Å². The molecule has 0 aliphatic carbocycles. The van der Waals surface area contributed by atoms with Gasteiger partial charge in [-0.2, -0.15) is 5.10 Å². The van der Waals surface area contributed by atoms with Gasteiger partial charge in [0, 0.05) is 31.9 Å². The number of hydrogen-bond donors (Lipinski definition) is 2. The highest BCUT2D eigenvalue weighted by Gasteiger charge is 2.01. The normalized spacial score (nSPS) is 11.4. The van der Waals surface area contributed by atoms with Crippen molar-refractivity contribution in [2.24, 2.45) is 4.99 Å². The lowest BCUT2D eigenvalue weighted by Gasteiger charge is -2.13. The molecule has 0 fully saturated rings. The predicted molar refractivity (Wildman–Crippen MR) is 97.6 cm³/mol. The zero-order valence-corrected chi connectivity index (χ0v) is 15.1. The molecular formula is C18H26FN5O. The molecule has 25 heavy (non-hydrogen) atoms. The van der Waals surface area contributed by atoms with Gasteiger partial charge in [0.25, 0.3) is 0 Å². The summed E-state index contributed by atoms with van der Waals surface area (Å²) in [5.41, 5.74) is 2.22. The molecule has 1 aromatic heterocycles. The van der Waals surface area contributed by atoms with E-state index < -0.39 is 0 Å². The van der Waals surface area contributed by atoms with Crippen LogP contribution in [0.1, 0.15) is 17.8 Å². The highest BCUT2D eigenvalue weighted by atomic mass is 19.1. The Bertz CT molecular complexity index is 699. The molecule has 1 aromatic carbocycles. The Morgan fingerprint density at radius 2 is 2.04 bits per heavy atom. The summed E-state index contributed by atoms with van der Waals surface area (Å²) in [6.07, 6.45) is 0.947. The molecule has 0 atom stereocenters. The van der Waals surface area contributed by atoms with Gasteiger partial charge in [-0.05, 0) is 38.5 Å². The number of nitrogens with zero attached hydrogens (tertiary/aromatic N) is 3. The van der Waals surface area contributed by atoms with Crippen molar-refractivity contribution in [3.05, 3.63) is 47.5 Å². The van der Waals surface area contributed by atoms with Crippen molar-refractivity contribution in [2.75, 3.05) is 26.7 Å². The van der Waals surface area contributed by atoms with Crippen molar-refractivity contribution in [1.82, 2.24) is 20.4 Å². The topological polar surface area (TPSA) is 63.5 Å². The second-order valence-corrected chi connectivity index (χ2v) is 5.74. The van der Waals surface area contributed by atoms with Crippen LogP contribution in [0, 0.1) is 19.7 Å². The van der Waals surface area contributed by atoms with Gasteiger partial charge < -0.3 is 15.4 Å². The van der Waals surface area contributed by atoms with E-state index in [0.717, 1.165) is 31.2 Å². The Balaban J connectivity index is 1.61. The second kappa shape index (κ2) is 9.66. The Hall–Kier alpha value is -2.57. The third kappa shape index (κ3) is 6.45. The van der Waals surface area contributed by atoms with E-state index in [4.69, 9.17) is 4.74 Å². The van der Waals surface area contributed by atoms with E-state index >= 15 is 0 Å². The van der Waals surface area contributed by atoms with Crippen LogP contribution in [0.15, 0.2) is 35.3 Å². The van der Waals surface area contributed by atoms with Crippen LogP contribution in [-0.2, 0) is 6.54 Å². The van der Waals surface area contributed by atoms with Crippen molar-refractivity contribution in [1.29, 1.82) is 0 Å². The van der Waals surface area contributed by atoms with Crippen LogP contribution in [0.2, 0.25) is 0 Å². The fraction of sp³-hybridized carbons (Fsp3) is 0.444. The number of nitrogens with one attached hydrogen (secondary N) is 2. The highest BCUT2D eigenvalue weighted by Crippen LogP contribution is 2.11. The van der Waals surface area contributed by atoms with Gasteiger partial charge in [0.15, 0.2) is 5.96 Å². The molecule has 0 bridgehead atoms. The van der Waals surface area contributed by atoms with Crippen LogP contribution in [0.5, 0.6) is 5.75 Å². The molecule has 0 saturated carbocycles. The SMILES string of the molecule is CN=C(NCCCn1nc(C)cc1C)NCCOc1cccc(F)c1. The van der Waals surface area contributed by atoms with E-state index in [-0.39, 0.29) is 5.82 Å². The van der Waals surface area contributed by atoms with E-state index in [1.54, 1.807) is 19.2 Å². The maximum absolute atomic E-state index is 13.1. The fourth-order valence-corrected chi connectivity index (χ4v) is 2.45. The average molecular weight is 347 g/mol. The number of aliphatic imine (C=N–C) groups is 1. The summed E-state index contributed by atoms with van der Waals surface area (Å²) in [7, 11) is 1.73. The molecular weight excluding hydrogens is 321 g/mol. The number of rotatable bonds is 8. The van der Waals surface area contributed by atoms with Gasteiger partial charge in [0.1, 0.15) is 18.2 Å². The van der Waals surface area contributed by atoms with Crippen molar-refractivity contribution in [2.45, 2.75) is 26.8 Å². The number of hydrogen-bond acceptors (Lipinski definition) is 3. The molecule has 2 rings (SSSR count). The number of benzene rings is 1. The third-order valence-corrected chi connectivity index (χ3v) is 3.63. The van der Waals surface area contributed by atoms with Gasteiger partial charge in [-0.3, -0.25) is 9.67 Å². The van der Waals surface area contributed by atoms with E-state index in [0.29, 0.717) is 18.9 Å². The number of halogens is 1. The molecule has 0 amide bonds. The van der Waals surface area contributed by atoms with Gasteiger partial charge >= 0.3 is 0 Å². The maximum atomic E-state index is 13.1. The Morgan fingerprint density at radius 1 is 1.24 bits per heavy atom. The van der Waals surface area contributed by atoms with E-state index in [9.17, 15) is 4.39 Å². The summed E-state index contributed by atoms with van der Waals surface area (Å²) < 4.78 is 20.5. The Morgan fingerprint density at radius 3 is 2.72 bits per heavy atom. The molecule has 0 aliphatic heterocycles. The standard InChI is InChI=1S/C18H26FN5O/c1-14-12-15(2)24(23-14)10-5-8-21-18(20-3)22-9-11-25-17-7-4-6-16(19)13-17/h4,6-7,12-13H,5,8-11H2,1-3H3,(H2,20,21,22). The summed E-state index contributed by atoms with van der Waals surface area (Å²) in [6.45, 7) is 6.73. The predicted octanol–water partition coefficient (Wildman–Crippen LogP) is 2.27. The summed E-state index contributed by atoms with van der Waals surface area (Å²) in [5, 5.41) is 10.9. The molecule has 2 N–H and O–H groups in total. The van der Waals surface area contributed by atoms with Gasteiger partial charge in [-0.25, -0.2) is 4.39 Å². The van der Waals surface area contributed by atoms with Gasteiger partial charge in [-0.1, -0.05) is 6.07 Å². The van der Waals surface area contributed by atoms with Crippen LogP contribution in [-0.4, -0.2) is 42.5 Å². The molecule has 0 spiro atoms. The van der Waals surface area contributed by atoms with Gasteiger partial charge in [0.05, 0.1) is 12.2 Å². The molecule has 0 aliphatic rings. The molecule has 2 aromatic rings. The maximum Gasteiger partial charge on any atom is 0.191 e. The molecule has 6 nitrogen and oxygen atoms in total. The van der Waals surface area contributed by atoms with E-state index in [1.165, 1.54) is 17.8 Å². The van der Waals surface area contributed by atoms with E-state index in [1.807, 2.05) is 11.6 Å². The quantitative estimate of drug-likeness (QED) is 0.437. The summed E-state index contributed by atoms with van der Waals surface area (Å²) in [5.74, 6) is 0.941. The molecule has 0 unspecified atom stereocenters. The second-order valence-electron chi connectivity index (χ2n) is 5.74. The largest absolute Gasteiger partial charge is 0.492 e. The number of aromatic nitrogens is 2. The van der Waals surface area contributed by atoms with Gasteiger partial charge in [0.2, 0.25) is 0 Å². The fourth-order valence-electron chi connectivity index (χ4n) is 2.45. The monoisotopic (exact) mass is 347 g/mol. The van der Waals surface area contributed by atoms with E-state index in [2.05, 4.69) is 33.7 Å². The van der Waals surface area contributed by atoms with Crippen LogP contribution in [0.4, 0.5) is 4.39 Å². The summed E-state index contributed by atoms with van der Waals surface area (Å²) >= 11 is 0. The zero-order chi connectivity index (χ0) is 18.1. The minimum absolute atomic E-state index is 0.300. The molecule has 0 radical (unpaired) electrons. The number of aryl methyl sites for hydroxylation is 3. The van der Waals surface area contributed by atoms with Crippen molar-refractivity contribution >= 4 is 5.96 Å². The van der Waals surface area contributed by atoms with Crippen LogP contribution in [0.3, 0.4) is 0 Å². The average Bonchev–Trinajstić information content (AvgIpc) is 2.91. The van der Waals surface area contributed by atoms with Crippen LogP contribution < -0.4 is 15.4 Å². The lowest BCUT2D eigenvalue weighted by Crippen LogP contribution is -2.39. The molecule has 7 heteroatoms. The first-order chi connectivity index (χ1) is 12.1. The van der Waals surface area contributed by atoms with Gasteiger partial charge in [-0.15, -0.1) is 0 Å². The zero-order valence-electron chi connectivity index (χ0n) is 15.1. The number of ether oxygens (including phenoxy) is 1. The lowest BCUT2D eigenvalue weighted by atomic mass is 10.3. The third-order valence-electron chi connectivity index (χ3n) is 3.63. The first-order valence-electron chi connectivity index (χ1n) is 8.42. The first kappa shape index (κ1) is 18.8. The lowest BCUT2D eigenvalue weighted by molar-refractivity contribution is 0.320. The van der Waals surface area contributed by atoms with Crippen LogP contribution >= 0.6 is 0 Å².